The first kappa shape index (κ1) is 19.9. The van der Waals surface area contributed by atoms with Crippen molar-refractivity contribution in [2.24, 2.45) is 11.3 Å². The quantitative estimate of drug-likeness (QED) is 0.656. The second-order valence-electron chi connectivity index (χ2n) is 8.33. The van der Waals surface area contributed by atoms with Crippen LogP contribution in [0.25, 0.3) is 11.0 Å². The summed E-state index contributed by atoms with van der Waals surface area (Å²) < 4.78 is 5.27. The molecule has 0 aliphatic rings. The smallest absolute Gasteiger partial charge is 0.225 e. The van der Waals surface area contributed by atoms with Gasteiger partial charge >= 0.3 is 0 Å². The number of carbonyl (C=O) groups is 1. The second-order valence-corrected chi connectivity index (χ2v) is 8.33. The van der Waals surface area contributed by atoms with E-state index in [-0.39, 0.29) is 11.3 Å². The van der Waals surface area contributed by atoms with Gasteiger partial charge in [-0.3, -0.25) is 4.79 Å². The molecule has 0 bridgehead atoms. The summed E-state index contributed by atoms with van der Waals surface area (Å²) in [6.07, 6.45) is 6.66. The van der Waals surface area contributed by atoms with Gasteiger partial charge in [0.1, 0.15) is 17.2 Å². The maximum Gasteiger partial charge on any atom is 0.225 e. The van der Waals surface area contributed by atoms with Gasteiger partial charge in [-0.2, -0.15) is 0 Å². The highest BCUT2D eigenvalue weighted by Crippen LogP contribution is 2.28. The number of aromatic nitrogens is 3. The Balaban J connectivity index is 1.66. The minimum absolute atomic E-state index is 0.00234. The molecule has 3 heterocycles. The van der Waals surface area contributed by atoms with Gasteiger partial charge in [0.25, 0.3) is 0 Å². The fourth-order valence-corrected chi connectivity index (χ4v) is 2.90. The van der Waals surface area contributed by atoms with Gasteiger partial charge < -0.3 is 15.0 Å². The summed E-state index contributed by atoms with van der Waals surface area (Å²) in [6, 6.07) is 5.82. The van der Waals surface area contributed by atoms with Crippen LogP contribution in [-0.2, 0) is 11.2 Å². The molecule has 0 saturated carbocycles. The maximum absolute atomic E-state index is 12.2. The summed E-state index contributed by atoms with van der Waals surface area (Å²) in [6.45, 7) is 8.54. The molecule has 1 amide bonds. The van der Waals surface area contributed by atoms with E-state index in [1.54, 1.807) is 19.5 Å². The molecular weight excluding hydrogens is 352 g/mol. The molecule has 3 aromatic rings. The van der Waals surface area contributed by atoms with Gasteiger partial charge in [-0.25, -0.2) is 9.97 Å². The number of ether oxygens (including phenoxy) is 1. The van der Waals surface area contributed by atoms with Crippen molar-refractivity contribution in [3.63, 3.8) is 0 Å². The summed E-state index contributed by atoms with van der Waals surface area (Å²) in [5.41, 5.74) is 3.12. The van der Waals surface area contributed by atoms with Crippen LogP contribution in [0.4, 0.5) is 5.82 Å². The molecule has 0 aliphatic carbocycles. The zero-order valence-corrected chi connectivity index (χ0v) is 17.2. The Labute approximate surface area is 165 Å². The van der Waals surface area contributed by atoms with E-state index in [1.807, 2.05) is 24.4 Å². The molecule has 0 spiro atoms. The molecule has 148 valence electrons. The predicted molar refractivity (Wildman–Crippen MR) is 112 cm³/mol. The van der Waals surface area contributed by atoms with Crippen LogP contribution in [0.15, 0.2) is 36.8 Å². The van der Waals surface area contributed by atoms with E-state index in [0.717, 1.165) is 34.3 Å². The largest absolute Gasteiger partial charge is 0.495 e. The van der Waals surface area contributed by atoms with Crippen molar-refractivity contribution in [1.82, 2.24) is 15.0 Å². The molecule has 3 aromatic heterocycles. The fraction of sp³-hybridized carbons (Fsp3) is 0.409. The number of rotatable bonds is 6. The van der Waals surface area contributed by atoms with Crippen molar-refractivity contribution >= 4 is 22.8 Å². The van der Waals surface area contributed by atoms with Crippen LogP contribution in [0.3, 0.4) is 0 Å². The fourth-order valence-electron chi connectivity index (χ4n) is 2.90. The number of hydrogen-bond donors (Lipinski definition) is 2. The lowest BCUT2D eigenvalue weighted by atomic mass is 9.80. The SMILES string of the molecule is COc1cnc2[nH]cc(Cc3ccc(NC(=O)CC(C)C(C)(C)C)nc3)c2c1. The van der Waals surface area contributed by atoms with Crippen LogP contribution in [0, 0.1) is 11.3 Å². The number of hydrogen-bond acceptors (Lipinski definition) is 4. The molecule has 1 unspecified atom stereocenters. The van der Waals surface area contributed by atoms with E-state index in [0.29, 0.717) is 18.2 Å². The van der Waals surface area contributed by atoms with Crippen molar-refractivity contribution in [3.05, 3.63) is 47.9 Å². The van der Waals surface area contributed by atoms with Gasteiger partial charge in [0.15, 0.2) is 0 Å². The van der Waals surface area contributed by atoms with Crippen LogP contribution in [-0.4, -0.2) is 28.0 Å². The summed E-state index contributed by atoms with van der Waals surface area (Å²) in [4.78, 5) is 24.2. The number of pyridine rings is 2. The molecular formula is C22H28N4O2. The summed E-state index contributed by atoms with van der Waals surface area (Å²) in [7, 11) is 1.63. The van der Waals surface area contributed by atoms with E-state index in [1.165, 1.54) is 0 Å². The Bertz CT molecular complexity index is 955. The number of nitrogens with one attached hydrogen (secondary N) is 2. The number of fused-ring (bicyclic) bond motifs is 1. The molecule has 1 atom stereocenters. The molecule has 6 nitrogen and oxygen atoms in total. The third kappa shape index (κ3) is 4.68. The number of methoxy groups -OCH3 is 1. The third-order valence-corrected chi connectivity index (χ3v) is 5.28. The van der Waals surface area contributed by atoms with Crippen LogP contribution in [0.1, 0.15) is 45.2 Å². The van der Waals surface area contributed by atoms with Crippen molar-refractivity contribution in [2.45, 2.75) is 40.5 Å². The number of amides is 1. The molecule has 0 saturated heterocycles. The van der Waals surface area contributed by atoms with E-state index in [4.69, 9.17) is 4.74 Å². The molecule has 0 radical (unpaired) electrons. The van der Waals surface area contributed by atoms with Gasteiger partial charge in [0.05, 0.1) is 13.3 Å². The molecule has 2 N–H and O–H groups in total. The van der Waals surface area contributed by atoms with E-state index >= 15 is 0 Å². The summed E-state index contributed by atoms with van der Waals surface area (Å²) in [5.74, 6) is 1.60. The zero-order chi connectivity index (χ0) is 20.3. The highest BCUT2D eigenvalue weighted by atomic mass is 16.5. The summed E-state index contributed by atoms with van der Waals surface area (Å²) >= 11 is 0. The van der Waals surface area contributed by atoms with Crippen molar-refractivity contribution < 1.29 is 9.53 Å². The average Bonchev–Trinajstić information content (AvgIpc) is 3.04. The number of aromatic amines is 1. The van der Waals surface area contributed by atoms with Gasteiger partial charge in [-0.05, 0) is 34.6 Å². The van der Waals surface area contributed by atoms with Gasteiger partial charge in [-0.1, -0.05) is 33.8 Å². The first-order valence-electron chi connectivity index (χ1n) is 9.51. The highest BCUT2D eigenvalue weighted by Gasteiger charge is 2.22. The van der Waals surface area contributed by atoms with E-state index < -0.39 is 0 Å². The second kappa shape index (κ2) is 8.00. The maximum atomic E-state index is 12.2. The number of H-pyrrole nitrogens is 1. The molecule has 3 rings (SSSR count). The zero-order valence-electron chi connectivity index (χ0n) is 17.2. The molecule has 6 heteroatoms. The Morgan fingerprint density at radius 2 is 2.04 bits per heavy atom. The topological polar surface area (TPSA) is 79.9 Å². The number of anilines is 1. The molecule has 0 aliphatic heterocycles. The normalized spacial score (nSPS) is 12.8. The standard InChI is InChI=1S/C22H28N4O2/c1-14(22(2,3)4)8-20(27)26-19-7-6-15(11-23-19)9-16-12-24-21-18(16)10-17(28-5)13-25-21/h6-7,10-14H,8-9H2,1-5H3,(H,24,25)(H,23,26,27). The minimum atomic E-state index is -0.00234. The lowest BCUT2D eigenvalue weighted by Crippen LogP contribution is -2.24. The molecule has 28 heavy (non-hydrogen) atoms. The monoisotopic (exact) mass is 380 g/mol. The first-order valence-corrected chi connectivity index (χ1v) is 9.51. The Kier molecular flexibility index (Phi) is 5.68. The van der Waals surface area contributed by atoms with Crippen molar-refractivity contribution in [2.75, 3.05) is 12.4 Å². The third-order valence-electron chi connectivity index (χ3n) is 5.28. The predicted octanol–water partition coefficient (Wildman–Crippen LogP) is 4.57. The Hall–Kier alpha value is -2.89. The van der Waals surface area contributed by atoms with Gasteiger partial charge in [0.2, 0.25) is 5.91 Å². The van der Waals surface area contributed by atoms with E-state index in [9.17, 15) is 4.79 Å². The van der Waals surface area contributed by atoms with E-state index in [2.05, 4.69) is 48.0 Å². The van der Waals surface area contributed by atoms with Gasteiger partial charge in [0, 0.05) is 30.6 Å². The Morgan fingerprint density at radius 1 is 1.25 bits per heavy atom. The number of nitrogens with zero attached hydrogens (tertiary/aromatic N) is 2. The average molecular weight is 380 g/mol. The van der Waals surface area contributed by atoms with Crippen LogP contribution in [0.5, 0.6) is 5.75 Å². The van der Waals surface area contributed by atoms with Crippen molar-refractivity contribution in [3.8, 4) is 5.75 Å². The van der Waals surface area contributed by atoms with Crippen LogP contribution >= 0.6 is 0 Å². The highest BCUT2D eigenvalue weighted by molar-refractivity contribution is 5.89. The Morgan fingerprint density at radius 3 is 2.68 bits per heavy atom. The first-order chi connectivity index (χ1) is 13.3. The van der Waals surface area contributed by atoms with Crippen molar-refractivity contribution in [1.29, 1.82) is 0 Å². The minimum Gasteiger partial charge on any atom is -0.495 e. The number of carbonyl (C=O) groups excluding carboxylic acids is 1. The molecule has 0 fully saturated rings. The lowest BCUT2D eigenvalue weighted by Gasteiger charge is -2.26. The van der Waals surface area contributed by atoms with Crippen LogP contribution < -0.4 is 10.1 Å². The summed E-state index contributed by atoms with van der Waals surface area (Å²) in [5, 5.41) is 3.93. The molecule has 0 aromatic carbocycles. The van der Waals surface area contributed by atoms with Gasteiger partial charge in [-0.15, -0.1) is 0 Å². The lowest BCUT2D eigenvalue weighted by molar-refractivity contribution is -0.117. The van der Waals surface area contributed by atoms with Crippen LogP contribution in [0.2, 0.25) is 0 Å².